The average Bonchev–Trinajstić information content (AvgIpc) is 3.52. The summed E-state index contributed by atoms with van der Waals surface area (Å²) < 4.78 is 25.6. The van der Waals surface area contributed by atoms with E-state index in [2.05, 4.69) is 20.5 Å². The number of carbonyl (C=O) groups excluding carboxylic acids is 2. The number of nitrogens with one attached hydrogen (secondary N) is 2. The lowest BCUT2D eigenvalue weighted by Gasteiger charge is -2.35. The number of hydrogen-bond donors (Lipinski definition) is 2. The topological polar surface area (TPSA) is 109 Å². The Morgan fingerprint density at radius 1 is 1.24 bits per heavy atom. The van der Waals surface area contributed by atoms with Gasteiger partial charge in [0.15, 0.2) is 5.82 Å². The van der Waals surface area contributed by atoms with Crippen molar-refractivity contribution >= 4 is 23.6 Å². The van der Waals surface area contributed by atoms with Gasteiger partial charge in [-0.25, -0.2) is 23.9 Å². The van der Waals surface area contributed by atoms with Gasteiger partial charge in [0.1, 0.15) is 11.6 Å². The van der Waals surface area contributed by atoms with Crippen molar-refractivity contribution in [3.05, 3.63) is 35.3 Å². The number of hydrogen-bond acceptors (Lipinski definition) is 7. The molecule has 0 radical (unpaired) electrons. The Balaban J connectivity index is 1.47. The van der Waals surface area contributed by atoms with E-state index in [1.807, 2.05) is 6.92 Å². The number of halogens is 1. The molecule has 1 aromatic heterocycles. The van der Waals surface area contributed by atoms with Crippen LogP contribution >= 0.6 is 0 Å². The quantitative estimate of drug-likeness (QED) is 0.707. The predicted octanol–water partition coefficient (Wildman–Crippen LogP) is 2.87. The van der Waals surface area contributed by atoms with E-state index in [1.165, 1.54) is 13.2 Å². The second-order valence-corrected chi connectivity index (χ2v) is 8.81. The SMILES string of the molecule is COC(=O)N1Cc2nc(-c3ccc(NC(=O)NC4CC4)cc3F)nc(N3CCOCC3C)c2C1. The number of urea groups is 1. The minimum atomic E-state index is -0.548. The second-order valence-electron chi connectivity index (χ2n) is 8.81. The number of methoxy groups -OCH3 is 1. The second kappa shape index (κ2) is 9.05. The largest absolute Gasteiger partial charge is 0.453 e. The predicted molar refractivity (Wildman–Crippen MR) is 122 cm³/mol. The van der Waals surface area contributed by atoms with E-state index in [4.69, 9.17) is 14.5 Å². The van der Waals surface area contributed by atoms with Gasteiger partial charge in [0.2, 0.25) is 0 Å². The van der Waals surface area contributed by atoms with Crippen LogP contribution in [0.4, 0.5) is 25.5 Å². The van der Waals surface area contributed by atoms with Crippen LogP contribution < -0.4 is 15.5 Å². The van der Waals surface area contributed by atoms with E-state index in [1.54, 1.807) is 17.0 Å². The molecule has 1 aromatic carbocycles. The first-order valence-corrected chi connectivity index (χ1v) is 11.4. The molecule has 0 bridgehead atoms. The Labute approximate surface area is 196 Å². The average molecular weight is 471 g/mol. The molecule has 180 valence electrons. The smallest absolute Gasteiger partial charge is 0.410 e. The number of anilines is 2. The van der Waals surface area contributed by atoms with Crippen molar-refractivity contribution in [3.8, 4) is 11.4 Å². The number of amides is 3. The monoisotopic (exact) mass is 470 g/mol. The Morgan fingerprint density at radius 2 is 2.06 bits per heavy atom. The van der Waals surface area contributed by atoms with E-state index in [9.17, 15) is 9.59 Å². The summed E-state index contributed by atoms with van der Waals surface area (Å²) in [5.41, 5.74) is 2.06. The molecule has 1 saturated carbocycles. The first-order valence-electron chi connectivity index (χ1n) is 11.4. The molecule has 2 fully saturated rings. The summed E-state index contributed by atoms with van der Waals surface area (Å²) >= 11 is 0. The molecule has 1 aliphatic carbocycles. The fourth-order valence-corrected chi connectivity index (χ4v) is 4.25. The fraction of sp³-hybridized carbons (Fsp3) is 0.478. The molecule has 2 N–H and O–H groups in total. The Hall–Kier alpha value is -3.47. The number of aromatic nitrogens is 2. The third-order valence-electron chi connectivity index (χ3n) is 6.21. The summed E-state index contributed by atoms with van der Waals surface area (Å²) in [6.45, 7) is 4.34. The normalized spacial score (nSPS) is 19.6. The van der Waals surface area contributed by atoms with Crippen molar-refractivity contribution in [2.45, 2.75) is 44.9 Å². The summed E-state index contributed by atoms with van der Waals surface area (Å²) in [5, 5.41) is 5.46. The van der Waals surface area contributed by atoms with Gasteiger partial charge in [-0.1, -0.05) is 0 Å². The number of nitrogens with zero attached hydrogens (tertiary/aromatic N) is 4. The molecule has 1 unspecified atom stereocenters. The minimum absolute atomic E-state index is 0.0641. The molecule has 1 saturated heterocycles. The summed E-state index contributed by atoms with van der Waals surface area (Å²) in [4.78, 5) is 37.2. The molecule has 3 heterocycles. The number of benzene rings is 1. The maximum Gasteiger partial charge on any atom is 0.410 e. The lowest BCUT2D eigenvalue weighted by molar-refractivity contribution is 0.0983. The van der Waals surface area contributed by atoms with Crippen LogP contribution in [-0.4, -0.2) is 65.9 Å². The molecule has 5 rings (SSSR count). The van der Waals surface area contributed by atoms with Crippen molar-refractivity contribution in [2.24, 2.45) is 0 Å². The van der Waals surface area contributed by atoms with Crippen LogP contribution in [0.2, 0.25) is 0 Å². The molecule has 2 aliphatic heterocycles. The van der Waals surface area contributed by atoms with Crippen LogP contribution in [-0.2, 0) is 22.6 Å². The highest BCUT2D eigenvalue weighted by Gasteiger charge is 2.33. The van der Waals surface area contributed by atoms with E-state index in [0.717, 1.165) is 18.4 Å². The summed E-state index contributed by atoms with van der Waals surface area (Å²) in [6, 6.07) is 4.36. The third-order valence-corrected chi connectivity index (χ3v) is 6.21. The number of morpholine rings is 1. The molecular weight excluding hydrogens is 443 g/mol. The lowest BCUT2D eigenvalue weighted by Crippen LogP contribution is -2.44. The van der Waals surface area contributed by atoms with E-state index >= 15 is 4.39 Å². The number of rotatable bonds is 4. The van der Waals surface area contributed by atoms with Gasteiger partial charge >= 0.3 is 12.1 Å². The Morgan fingerprint density at radius 3 is 2.76 bits per heavy atom. The van der Waals surface area contributed by atoms with Crippen LogP contribution in [0.3, 0.4) is 0 Å². The minimum Gasteiger partial charge on any atom is -0.453 e. The van der Waals surface area contributed by atoms with Crippen LogP contribution in [0.15, 0.2) is 18.2 Å². The first kappa shape index (κ1) is 22.3. The van der Waals surface area contributed by atoms with Crippen molar-refractivity contribution in [1.82, 2.24) is 20.2 Å². The molecule has 1 atom stereocenters. The van der Waals surface area contributed by atoms with Gasteiger partial charge in [-0.2, -0.15) is 0 Å². The van der Waals surface area contributed by atoms with Gasteiger partial charge in [0, 0.05) is 23.8 Å². The zero-order valence-electron chi connectivity index (χ0n) is 19.1. The summed E-state index contributed by atoms with van der Waals surface area (Å²) in [5.74, 6) is 0.353. The molecule has 11 heteroatoms. The highest BCUT2D eigenvalue weighted by Crippen LogP contribution is 2.34. The van der Waals surface area contributed by atoms with Crippen LogP contribution in [0, 0.1) is 5.82 Å². The van der Waals surface area contributed by atoms with Crippen LogP contribution in [0.1, 0.15) is 31.0 Å². The number of ether oxygens (including phenoxy) is 2. The Bertz CT molecular complexity index is 1120. The first-order chi connectivity index (χ1) is 16.4. The van der Waals surface area contributed by atoms with Crippen molar-refractivity contribution in [3.63, 3.8) is 0 Å². The standard InChI is InChI=1S/C23H27FN6O4/c1-13-12-34-8-7-30(13)21-17-10-29(23(32)33-2)11-19(17)27-20(28-21)16-6-5-15(9-18(16)24)26-22(31)25-14-3-4-14/h5-6,9,13-14H,3-4,7-8,10-12H2,1-2H3,(H2,25,26,31). The van der Waals surface area contributed by atoms with E-state index in [0.29, 0.717) is 43.5 Å². The van der Waals surface area contributed by atoms with E-state index < -0.39 is 11.9 Å². The van der Waals surface area contributed by atoms with Crippen LogP contribution in [0.5, 0.6) is 0 Å². The van der Waals surface area contributed by atoms with Crippen molar-refractivity contribution in [1.29, 1.82) is 0 Å². The summed E-state index contributed by atoms with van der Waals surface area (Å²) in [7, 11) is 1.34. The molecule has 2 aromatic rings. The Kier molecular flexibility index (Phi) is 5.94. The van der Waals surface area contributed by atoms with Gasteiger partial charge in [-0.15, -0.1) is 0 Å². The van der Waals surface area contributed by atoms with Gasteiger partial charge in [-0.05, 0) is 38.0 Å². The fourth-order valence-electron chi connectivity index (χ4n) is 4.25. The molecule has 10 nitrogen and oxygen atoms in total. The highest BCUT2D eigenvalue weighted by atomic mass is 19.1. The third kappa shape index (κ3) is 4.47. The van der Waals surface area contributed by atoms with Crippen LogP contribution in [0.25, 0.3) is 11.4 Å². The van der Waals surface area contributed by atoms with Crippen molar-refractivity contribution in [2.75, 3.05) is 37.1 Å². The van der Waals surface area contributed by atoms with Crippen molar-refractivity contribution < 1.29 is 23.5 Å². The zero-order valence-corrected chi connectivity index (χ0v) is 19.1. The van der Waals surface area contributed by atoms with Gasteiger partial charge in [0.25, 0.3) is 0 Å². The van der Waals surface area contributed by atoms with Gasteiger partial charge < -0.3 is 25.0 Å². The van der Waals surface area contributed by atoms with E-state index in [-0.39, 0.29) is 36.0 Å². The number of carbonyl (C=O) groups is 2. The molecule has 34 heavy (non-hydrogen) atoms. The maximum absolute atomic E-state index is 15.2. The highest BCUT2D eigenvalue weighted by molar-refractivity contribution is 5.90. The maximum atomic E-state index is 15.2. The molecular formula is C23H27FN6O4. The molecule has 3 aliphatic rings. The zero-order chi connectivity index (χ0) is 23.8. The molecule has 3 amide bonds. The van der Waals surface area contributed by atoms with Gasteiger partial charge in [0.05, 0.1) is 50.7 Å². The number of fused-ring (bicyclic) bond motifs is 1. The molecule has 0 spiro atoms. The van der Waals surface area contributed by atoms with Gasteiger partial charge in [-0.3, -0.25) is 4.90 Å². The summed E-state index contributed by atoms with van der Waals surface area (Å²) in [6.07, 6.45) is 1.48. The lowest BCUT2D eigenvalue weighted by atomic mass is 10.1.